The summed E-state index contributed by atoms with van der Waals surface area (Å²) in [6.07, 6.45) is 19.6. The van der Waals surface area contributed by atoms with Gasteiger partial charge in [0.15, 0.2) is 0 Å². The van der Waals surface area contributed by atoms with Crippen molar-refractivity contribution in [3.8, 4) is 0 Å². The van der Waals surface area contributed by atoms with Gasteiger partial charge < -0.3 is 11.5 Å². The fourth-order valence-corrected chi connectivity index (χ4v) is 2.50. The summed E-state index contributed by atoms with van der Waals surface area (Å²) in [5.41, 5.74) is 12.2. The SMILES string of the molecule is CCCCC(CC)(CN)C/C=C/CC/C=C/CC(N)CC. The van der Waals surface area contributed by atoms with Crippen molar-refractivity contribution in [2.45, 2.75) is 84.6 Å². The number of unbranched alkanes of at least 4 members (excludes halogenated alkanes) is 2. The molecule has 2 nitrogen and oxygen atoms in total. The lowest BCUT2D eigenvalue weighted by Gasteiger charge is -2.30. The van der Waals surface area contributed by atoms with Gasteiger partial charge in [-0.05, 0) is 56.9 Å². The van der Waals surface area contributed by atoms with Gasteiger partial charge in [-0.3, -0.25) is 0 Å². The van der Waals surface area contributed by atoms with Crippen LogP contribution >= 0.6 is 0 Å². The minimum Gasteiger partial charge on any atom is -0.330 e. The fourth-order valence-electron chi connectivity index (χ4n) is 2.50. The van der Waals surface area contributed by atoms with E-state index in [0.29, 0.717) is 11.5 Å². The first-order valence-corrected chi connectivity index (χ1v) is 8.89. The Kier molecular flexibility index (Phi) is 12.7. The third-order valence-corrected chi connectivity index (χ3v) is 4.59. The molecule has 4 N–H and O–H groups in total. The normalized spacial score (nSPS) is 16.6. The zero-order chi connectivity index (χ0) is 16.0. The molecule has 0 spiro atoms. The molecule has 0 fully saturated rings. The maximum Gasteiger partial charge on any atom is 0.00707 e. The van der Waals surface area contributed by atoms with Crippen molar-refractivity contribution in [2.75, 3.05) is 6.54 Å². The van der Waals surface area contributed by atoms with E-state index < -0.39 is 0 Å². The average Bonchev–Trinajstić information content (AvgIpc) is 2.52. The predicted molar refractivity (Wildman–Crippen MR) is 96.3 cm³/mol. The first kappa shape index (κ1) is 20.4. The first-order valence-electron chi connectivity index (χ1n) is 8.89. The Morgan fingerprint density at radius 3 is 2.19 bits per heavy atom. The number of nitrogens with two attached hydrogens (primary N) is 2. The van der Waals surface area contributed by atoms with Crippen molar-refractivity contribution in [1.82, 2.24) is 0 Å². The summed E-state index contributed by atoms with van der Waals surface area (Å²) in [4.78, 5) is 0. The Morgan fingerprint density at radius 2 is 1.67 bits per heavy atom. The van der Waals surface area contributed by atoms with Crippen LogP contribution in [0.1, 0.15) is 78.6 Å². The molecule has 21 heavy (non-hydrogen) atoms. The van der Waals surface area contributed by atoms with Crippen LogP contribution in [0.4, 0.5) is 0 Å². The Morgan fingerprint density at radius 1 is 1.00 bits per heavy atom. The van der Waals surface area contributed by atoms with Gasteiger partial charge in [0.2, 0.25) is 0 Å². The molecule has 2 unspecified atom stereocenters. The van der Waals surface area contributed by atoms with Crippen molar-refractivity contribution >= 4 is 0 Å². The summed E-state index contributed by atoms with van der Waals surface area (Å²) >= 11 is 0. The second-order valence-corrected chi connectivity index (χ2v) is 6.29. The molecule has 0 aliphatic carbocycles. The average molecular weight is 295 g/mol. The highest BCUT2D eigenvalue weighted by Gasteiger charge is 2.23. The predicted octanol–water partition coefficient (Wildman–Crippen LogP) is 4.94. The van der Waals surface area contributed by atoms with E-state index in [1.807, 2.05) is 0 Å². The maximum absolute atomic E-state index is 6.02. The van der Waals surface area contributed by atoms with Crippen molar-refractivity contribution in [2.24, 2.45) is 16.9 Å². The van der Waals surface area contributed by atoms with Crippen molar-refractivity contribution in [3.63, 3.8) is 0 Å². The van der Waals surface area contributed by atoms with Gasteiger partial charge in [0, 0.05) is 6.04 Å². The Hall–Kier alpha value is -0.600. The van der Waals surface area contributed by atoms with E-state index in [9.17, 15) is 0 Å². The third-order valence-electron chi connectivity index (χ3n) is 4.59. The van der Waals surface area contributed by atoms with Gasteiger partial charge >= 0.3 is 0 Å². The first-order chi connectivity index (χ1) is 10.1. The molecule has 0 aliphatic rings. The van der Waals surface area contributed by atoms with Crippen LogP contribution in [0.5, 0.6) is 0 Å². The highest BCUT2D eigenvalue weighted by atomic mass is 14.6. The van der Waals surface area contributed by atoms with Gasteiger partial charge in [0.1, 0.15) is 0 Å². The summed E-state index contributed by atoms with van der Waals surface area (Å²) in [7, 11) is 0. The van der Waals surface area contributed by atoms with Gasteiger partial charge in [0.05, 0.1) is 0 Å². The Balaban J connectivity index is 3.96. The summed E-state index contributed by atoms with van der Waals surface area (Å²) in [5.74, 6) is 0. The molecule has 0 aromatic carbocycles. The lowest BCUT2D eigenvalue weighted by Crippen LogP contribution is -2.29. The van der Waals surface area contributed by atoms with Crippen molar-refractivity contribution < 1.29 is 0 Å². The van der Waals surface area contributed by atoms with Gasteiger partial charge in [-0.2, -0.15) is 0 Å². The van der Waals surface area contributed by atoms with Gasteiger partial charge in [0.25, 0.3) is 0 Å². The van der Waals surface area contributed by atoms with E-state index >= 15 is 0 Å². The second-order valence-electron chi connectivity index (χ2n) is 6.29. The largest absolute Gasteiger partial charge is 0.330 e. The van der Waals surface area contributed by atoms with E-state index in [0.717, 1.165) is 38.6 Å². The highest BCUT2D eigenvalue weighted by Crippen LogP contribution is 2.32. The number of rotatable bonds is 13. The number of allylic oxidation sites excluding steroid dienone is 3. The van der Waals surface area contributed by atoms with Gasteiger partial charge in [-0.15, -0.1) is 0 Å². The minimum absolute atomic E-state index is 0.324. The van der Waals surface area contributed by atoms with E-state index in [4.69, 9.17) is 11.5 Å². The lowest BCUT2D eigenvalue weighted by molar-refractivity contribution is 0.256. The molecular weight excluding hydrogens is 256 g/mol. The molecule has 0 bridgehead atoms. The molecule has 0 aromatic rings. The summed E-state index contributed by atoms with van der Waals surface area (Å²) in [6.45, 7) is 7.47. The molecule has 0 aliphatic heterocycles. The van der Waals surface area contributed by atoms with Crippen LogP contribution in [0.3, 0.4) is 0 Å². The number of hydrogen-bond acceptors (Lipinski definition) is 2. The quantitative estimate of drug-likeness (QED) is 0.373. The molecule has 0 radical (unpaired) electrons. The topological polar surface area (TPSA) is 52.0 Å². The zero-order valence-corrected chi connectivity index (χ0v) is 14.6. The van der Waals surface area contributed by atoms with Crippen LogP contribution in [0.2, 0.25) is 0 Å². The lowest BCUT2D eigenvalue weighted by atomic mass is 9.77. The van der Waals surface area contributed by atoms with Crippen LogP contribution in [0.25, 0.3) is 0 Å². The van der Waals surface area contributed by atoms with Gasteiger partial charge in [-0.25, -0.2) is 0 Å². The van der Waals surface area contributed by atoms with Crippen LogP contribution in [0.15, 0.2) is 24.3 Å². The molecule has 0 rings (SSSR count). The van der Waals surface area contributed by atoms with Crippen LogP contribution in [-0.4, -0.2) is 12.6 Å². The fraction of sp³-hybridized carbons (Fsp3) is 0.789. The minimum atomic E-state index is 0.324. The third kappa shape index (κ3) is 9.87. The van der Waals surface area contributed by atoms with Crippen LogP contribution < -0.4 is 11.5 Å². The molecule has 0 saturated heterocycles. The molecular formula is C19H38N2. The molecule has 124 valence electrons. The van der Waals surface area contributed by atoms with Crippen molar-refractivity contribution in [3.05, 3.63) is 24.3 Å². The zero-order valence-electron chi connectivity index (χ0n) is 14.6. The Labute approximate surface area is 133 Å². The smallest absolute Gasteiger partial charge is 0.00707 e. The molecule has 0 amide bonds. The molecule has 0 aromatic heterocycles. The Bertz CT molecular complexity index is 277. The maximum atomic E-state index is 6.02. The monoisotopic (exact) mass is 294 g/mol. The van der Waals surface area contributed by atoms with Crippen LogP contribution in [0, 0.1) is 5.41 Å². The van der Waals surface area contributed by atoms with E-state index in [2.05, 4.69) is 45.1 Å². The molecule has 0 heterocycles. The molecule has 0 saturated carbocycles. The molecule has 2 heteroatoms. The van der Waals surface area contributed by atoms with E-state index in [1.165, 1.54) is 25.7 Å². The highest BCUT2D eigenvalue weighted by molar-refractivity contribution is 4.93. The van der Waals surface area contributed by atoms with Crippen molar-refractivity contribution in [1.29, 1.82) is 0 Å². The second kappa shape index (κ2) is 13.1. The van der Waals surface area contributed by atoms with Gasteiger partial charge in [-0.1, -0.05) is 57.9 Å². The standard InChI is InChI=1S/C19H38N2/c1-4-7-15-19(6-3,17-20)16-13-11-9-8-10-12-14-18(21)5-2/h10-13,18H,4-9,14-17,20-21H2,1-3H3/b12-10+,13-11+. The van der Waals surface area contributed by atoms with E-state index in [-0.39, 0.29) is 0 Å². The molecule has 2 atom stereocenters. The summed E-state index contributed by atoms with van der Waals surface area (Å²) < 4.78 is 0. The number of hydrogen-bond donors (Lipinski definition) is 2. The van der Waals surface area contributed by atoms with E-state index in [1.54, 1.807) is 0 Å². The summed E-state index contributed by atoms with van der Waals surface area (Å²) in [6, 6.07) is 0.324. The van der Waals surface area contributed by atoms with Crippen LogP contribution in [-0.2, 0) is 0 Å². The summed E-state index contributed by atoms with van der Waals surface area (Å²) in [5, 5.41) is 0.